The molecule has 3 rings (SSSR count). The van der Waals surface area contributed by atoms with Crippen LogP contribution in [0.2, 0.25) is 0 Å². The maximum absolute atomic E-state index is 12.5. The van der Waals surface area contributed by atoms with Gasteiger partial charge in [-0.05, 0) is 42.5 Å². The van der Waals surface area contributed by atoms with E-state index in [1.54, 1.807) is 48.5 Å². The number of carbonyl (C=O) groups excluding carboxylic acids is 1. The highest BCUT2D eigenvalue weighted by molar-refractivity contribution is 7.90. The molecule has 1 aromatic heterocycles. The second kappa shape index (κ2) is 8.27. The molecule has 0 bridgehead atoms. The van der Waals surface area contributed by atoms with E-state index in [4.69, 9.17) is 9.47 Å². The largest absolute Gasteiger partial charge is 0.493 e. The van der Waals surface area contributed by atoms with Crippen molar-refractivity contribution in [3.8, 4) is 22.8 Å². The van der Waals surface area contributed by atoms with E-state index in [2.05, 4.69) is 15.5 Å². The highest BCUT2D eigenvalue weighted by Gasteiger charge is 2.12. The van der Waals surface area contributed by atoms with Crippen LogP contribution in [0.4, 0.5) is 5.69 Å². The number of anilines is 1. The number of sulfone groups is 1. The Hall–Kier alpha value is -3.46. The van der Waals surface area contributed by atoms with Crippen molar-refractivity contribution in [1.29, 1.82) is 0 Å². The lowest BCUT2D eigenvalue weighted by Gasteiger charge is -2.10. The van der Waals surface area contributed by atoms with Crippen molar-refractivity contribution in [3.63, 3.8) is 0 Å². The normalized spacial score (nSPS) is 11.0. The Balaban J connectivity index is 1.74. The molecule has 8 nitrogen and oxygen atoms in total. The molecule has 1 N–H and O–H groups in total. The zero-order valence-electron chi connectivity index (χ0n) is 16.0. The van der Waals surface area contributed by atoms with Gasteiger partial charge in [0.25, 0.3) is 5.91 Å². The summed E-state index contributed by atoms with van der Waals surface area (Å²) in [5.41, 5.74) is 2.28. The Bertz CT molecular complexity index is 1130. The van der Waals surface area contributed by atoms with Crippen molar-refractivity contribution >= 4 is 21.4 Å². The minimum atomic E-state index is -3.40. The van der Waals surface area contributed by atoms with Crippen molar-refractivity contribution in [1.82, 2.24) is 10.2 Å². The molecule has 0 atom stereocenters. The summed E-state index contributed by atoms with van der Waals surface area (Å²) in [5.74, 6) is 0.707. The number of hydrogen-bond acceptors (Lipinski definition) is 7. The van der Waals surface area contributed by atoms with Crippen LogP contribution in [-0.2, 0) is 9.84 Å². The highest BCUT2D eigenvalue weighted by Crippen LogP contribution is 2.28. The predicted molar refractivity (Wildman–Crippen MR) is 108 cm³/mol. The lowest BCUT2D eigenvalue weighted by atomic mass is 10.1. The summed E-state index contributed by atoms with van der Waals surface area (Å²) < 4.78 is 33.3. The molecule has 0 saturated heterocycles. The van der Waals surface area contributed by atoms with Crippen molar-refractivity contribution in [2.75, 3.05) is 25.8 Å². The fourth-order valence-corrected chi connectivity index (χ4v) is 3.08. The summed E-state index contributed by atoms with van der Waals surface area (Å²) >= 11 is 0. The Morgan fingerprint density at radius 3 is 2.14 bits per heavy atom. The molecule has 0 aliphatic rings. The van der Waals surface area contributed by atoms with Gasteiger partial charge in [-0.25, -0.2) is 8.42 Å². The lowest BCUT2D eigenvalue weighted by Crippen LogP contribution is -2.12. The van der Waals surface area contributed by atoms with E-state index < -0.39 is 9.84 Å². The number of benzene rings is 2. The third-order valence-electron chi connectivity index (χ3n) is 4.10. The summed E-state index contributed by atoms with van der Waals surface area (Å²) in [5, 5.41) is 10.4. The average molecular weight is 413 g/mol. The number of hydrogen-bond donors (Lipinski definition) is 1. The molecule has 1 amide bonds. The summed E-state index contributed by atoms with van der Waals surface area (Å²) in [6, 6.07) is 14.9. The Labute approximate surface area is 168 Å². The van der Waals surface area contributed by atoms with E-state index in [1.165, 1.54) is 20.3 Å². The van der Waals surface area contributed by atoms with Gasteiger partial charge < -0.3 is 14.8 Å². The first kappa shape index (κ1) is 20.3. The third-order valence-corrected chi connectivity index (χ3v) is 5.08. The van der Waals surface area contributed by atoms with Crippen LogP contribution in [-0.4, -0.2) is 45.0 Å². The Morgan fingerprint density at radius 1 is 0.897 bits per heavy atom. The SMILES string of the molecule is COc1ccc(C(=O)Nc2ccc(-c3ccc(S(C)(=O)=O)nn3)cc2)cc1OC. The van der Waals surface area contributed by atoms with Crippen LogP contribution in [0.3, 0.4) is 0 Å². The zero-order chi connectivity index (χ0) is 21.0. The molecule has 0 fully saturated rings. The van der Waals surface area contributed by atoms with E-state index in [-0.39, 0.29) is 10.9 Å². The molecular weight excluding hydrogens is 394 g/mol. The maximum atomic E-state index is 12.5. The molecule has 3 aromatic rings. The second-order valence-corrected chi connectivity index (χ2v) is 8.09. The number of carbonyl (C=O) groups is 1. The Morgan fingerprint density at radius 2 is 1.59 bits per heavy atom. The topological polar surface area (TPSA) is 107 Å². The van der Waals surface area contributed by atoms with Crippen molar-refractivity contribution in [2.24, 2.45) is 0 Å². The number of nitrogens with zero attached hydrogens (tertiary/aromatic N) is 2. The van der Waals surface area contributed by atoms with E-state index in [0.717, 1.165) is 11.8 Å². The first-order chi connectivity index (χ1) is 13.8. The monoisotopic (exact) mass is 413 g/mol. The first-order valence-corrected chi connectivity index (χ1v) is 10.4. The molecule has 0 spiro atoms. The Kier molecular flexibility index (Phi) is 5.79. The number of nitrogens with one attached hydrogen (secondary N) is 1. The van der Waals surface area contributed by atoms with Crippen LogP contribution in [0, 0.1) is 0 Å². The smallest absolute Gasteiger partial charge is 0.255 e. The van der Waals surface area contributed by atoms with Crippen LogP contribution in [0.5, 0.6) is 11.5 Å². The predicted octanol–water partition coefficient (Wildman–Crippen LogP) is 2.82. The molecule has 0 unspecified atom stereocenters. The van der Waals surface area contributed by atoms with Gasteiger partial charge in [0.15, 0.2) is 26.4 Å². The van der Waals surface area contributed by atoms with Gasteiger partial charge in [-0.15, -0.1) is 10.2 Å². The van der Waals surface area contributed by atoms with Crippen LogP contribution in [0.1, 0.15) is 10.4 Å². The average Bonchev–Trinajstić information content (AvgIpc) is 2.73. The van der Waals surface area contributed by atoms with E-state index in [1.807, 2.05) is 0 Å². The van der Waals surface area contributed by atoms with Crippen LogP contribution >= 0.6 is 0 Å². The second-order valence-electron chi connectivity index (χ2n) is 6.13. The van der Waals surface area contributed by atoms with Crippen LogP contribution < -0.4 is 14.8 Å². The number of amides is 1. The molecule has 9 heteroatoms. The number of methoxy groups -OCH3 is 2. The van der Waals surface area contributed by atoms with Crippen LogP contribution in [0.25, 0.3) is 11.3 Å². The highest BCUT2D eigenvalue weighted by atomic mass is 32.2. The van der Waals surface area contributed by atoms with Gasteiger partial charge >= 0.3 is 0 Å². The standard InChI is InChI=1S/C20H19N3O5S/c1-27-17-10-6-14(12-18(17)28-2)20(24)21-15-7-4-13(5-8-15)16-9-11-19(23-22-16)29(3,25)26/h4-12H,1-3H3,(H,21,24). The fourth-order valence-electron chi connectivity index (χ4n) is 2.58. The molecule has 29 heavy (non-hydrogen) atoms. The van der Waals surface area contributed by atoms with Gasteiger partial charge in [-0.1, -0.05) is 12.1 Å². The van der Waals surface area contributed by atoms with Crippen molar-refractivity contribution in [2.45, 2.75) is 5.03 Å². The first-order valence-electron chi connectivity index (χ1n) is 8.49. The van der Waals surface area contributed by atoms with Gasteiger partial charge in [-0.2, -0.15) is 0 Å². The van der Waals surface area contributed by atoms with E-state index in [0.29, 0.717) is 28.4 Å². The number of rotatable bonds is 6. The molecule has 0 radical (unpaired) electrons. The molecule has 0 aliphatic heterocycles. The third kappa shape index (κ3) is 4.69. The molecular formula is C20H19N3O5S. The van der Waals surface area contributed by atoms with Crippen LogP contribution in [0.15, 0.2) is 59.6 Å². The summed E-state index contributed by atoms with van der Waals surface area (Å²) in [6.45, 7) is 0. The van der Waals surface area contributed by atoms with Crippen molar-refractivity contribution < 1.29 is 22.7 Å². The van der Waals surface area contributed by atoms with E-state index >= 15 is 0 Å². The number of aromatic nitrogens is 2. The number of ether oxygens (including phenoxy) is 2. The summed E-state index contributed by atoms with van der Waals surface area (Å²) in [4.78, 5) is 12.5. The quantitative estimate of drug-likeness (QED) is 0.662. The zero-order valence-corrected chi connectivity index (χ0v) is 16.9. The maximum Gasteiger partial charge on any atom is 0.255 e. The van der Waals surface area contributed by atoms with Crippen molar-refractivity contribution in [3.05, 3.63) is 60.2 Å². The summed E-state index contributed by atoms with van der Waals surface area (Å²) in [6.07, 6.45) is 1.08. The van der Waals surface area contributed by atoms with Gasteiger partial charge in [0, 0.05) is 23.1 Å². The van der Waals surface area contributed by atoms with Gasteiger partial charge in [0.2, 0.25) is 0 Å². The minimum absolute atomic E-state index is 0.0833. The fraction of sp³-hybridized carbons (Fsp3) is 0.150. The molecule has 2 aromatic carbocycles. The van der Waals surface area contributed by atoms with Gasteiger partial charge in [-0.3, -0.25) is 4.79 Å². The van der Waals surface area contributed by atoms with E-state index in [9.17, 15) is 13.2 Å². The summed E-state index contributed by atoms with van der Waals surface area (Å²) in [7, 11) is -0.366. The molecule has 150 valence electrons. The molecule has 0 saturated carbocycles. The lowest BCUT2D eigenvalue weighted by molar-refractivity contribution is 0.102. The molecule has 0 aliphatic carbocycles. The minimum Gasteiger partial charge on any atom is -0.493 e. The van der Waals surface area contributed by atoms with Gasteiger partial charge in [0.1, 0.15) is 0 Å². The molecule has 1 heterocycles. The van der Waals surface area contributed by atoms with Gasteiger partial charge in [0.05, 0.1) is 19.9 Å².